The van der Waals surface area contributed by atoms with E-state index in [2.05, 4.69) is 41.7 Å². The lowest BCUT2D eigenvalue weighted by molar-refractivity contribution is 0.262. The van der Waals surface area contributed by atoms with Crippen LogP contribution < -0.4 is 10.6 Å². The van der Waals surface area contributed by atoms with Gasteiger partial charge in [-0.2, -0.15) is 5.10 Å². The van der Waals surface area contributed by atoms with Crippen LogP contribution in [0.25, 0.3) is 0 Å². The molecule has 2 amide bonds. The first-order valence-corrected chi connectivity index (χ1v) is 8.21. The Labute approximate surface area is 137 Å². The van der Waals surface area contributed by atoms with Crippen LogP contribution in [0.1, 0.15) is 48.8 Å². The molecule has 2 aromatic rings. The molecule has 5 heteroatoms. The van der Waals surface area contributed by atoms with Gasteiger partial charge in [-0.15, -0.1) is 0 Å². The predicted molar refractivity (Wildman–Crippen MR) is 93.2 cm³/mol. The Morgan fingerprint density at radius 1 is 1.17 bits per heavy atom. The second kappa shape index (κ2) is 6.07. The van der Waals surface area contributed by atoms with E-state index in [-0.39, 0.29) is 12.1 Å². The lowest BCUT2D eigenvalue weighted by Crippen LogP contribution is -2.20. The minimum atomic E-state index is -0.225. The summed E-state index contributed by atoms with van der Waals surface area (Å²) in [5.41, 5.74) is 6.19. The average Bonchev–Trinajstić information content (AvgIpc) is 3.06. The third-order valence-electron chi connectivity index (χ3n) is 4.41. The molecule has 0 spiro atoms. The molecular weight excluding hydrogens is 288 g/mol. The summed E-state index contributed by atoms with van der Waals surface area (Å²) < 4.78 is 1.93. The molecule has 0 atom stereocenters. The molecule has 1 heterocycles. The van der Waals surface area contributed by atoms with E-state index in [1.165, 1.54) is 17.5 Å². The van der Waals surface area contributed by atoms with Gasteiger partial charge in [-0.3, -0.25) is 4.68 Å². The summed E-state index contributed by atoms with van der Waals surface area (Å²) in [4.78, 5) is 12.3. The standard InChI is InChI=1S/C18H24N4O/c1-11(2)22-13(4)17(12(3)21-22)20-18(23)19-16-9-8-14-6-5-7-15(14)10-16/h8-11H,5-7H2,1-4H3,(H2,19,20,23). The second-order valence-electron chi connectivity index (χ2n) is 6.50. The molecular formula is C18H24N4O. The van der Waals surface area contributed by atoms with E-state index in [9.17, 15) is 4.79 Å². The van der Waals surface area contributed by atoms with Gasteiger partial charge in [-0.25, -0.2) is 4.79 Å². The molecule has 0 bridgehead atoms. The molecule has 1 aromatic carbocycles. The average molecular weight is 312 g/mol. The van der Waals surface area contributed by atoms with Gasteiger partial charge in [0, 0.05) is 11.7 Å². The van der Waals surface area contributed by atoms with Gasteiger partial charge in [0.1, 0.15) is 0 Å². The van der Waals surface area contributed by atoms with E-state index in [1.54, 1.807) is 0 Å². The lowest BCUT2D eigenvalue weighted by Gasteiger charge is -2.11. The second-order valence-corrected chi connectivity index (χ2v) is 6.50. The third-order valence-corrected chi connectivity index (χ3v) is 4.41. The molecule has 2 N–H and O–H groups in total. The SMILES string of the molecule is Cc1nn(C(C)C)c(C)c1NC(=O)Nc1ccc2c(c1)CCC2. The van der Waals surface area contributed by atoms with Crippen LogP contribution in [0.4, 0.5) is 16.2 Å². The van der Waals surface area contributed by atoms with Gasteiger partial charge in [0.2, 0.25) is 0 Å². The highest BCUT2D eigenvalue weighted by molar-refractivity contribution is 6.00. The number of aromatic nitrogens is 2. The summed E-state index contributed by atoms with van der Waals surface area (Å²) in [5, 5.41) is 10.4. The summed E-state index contributed by atoms with van der Waals surface area (Å²) in [6.07, 6.45) is 3.46. The van der Waals surface area contributed by atoms with Crippen molar-refractivity contribution < 1.29 is 4.79 Å². The quantitative estimate of drug-likeness (QED) is 0.891. The first kappa shape index (κ1) is 15.6. The number of amides is 2. The van der Waals surface area contributed by atoms with Crippen molar-refractivity contribution in [1.29, 1.82) is 0 Å². The van der Waals surface area contributed by atoms with Gasteiger partial charge < -0.3 is 10.6 Å². The molecule has 23 heavy (non-hydrogen) atoms. The Balaban J connectivity index is 1.73. The van der Waals surface area contributed by atoms with Crippen LogP contribution in [0.15, 0.2) is 18.2 Å². The fraction of sp³-hybridized carbons (Fsp3) is 0.444. The fourth-order valence-electron chi connectivity index (χ4n) is 3.27. The molecule has 0 radical (unpaired) electrons. The minimum absolute atomic E-state index is 0.225. The molecule has 0 aliphatic heterocycles. The highest BCUT2D eigenvalue weighted by Crippen LogP contribution is 2.26. The first-order valence-electron chi connectivity index (χ1n) is 8.21. The normalized spacial score (nSPS) is 13.3. The molecule has 5 nitrogen and oxygen atoms in total. The van der Waals surface area contributed by atoms with E-state index in [0.29, 0.717) is 0 Å². The molecule has 1 aliphatic carbocycles. The van der Waals surface area contributed by atoms with E-state index >= 15 is 0 Å². The number of nitrogens with one attached hydrogen (secondary N) is 2. The summed E-state index contributed by atoms with van der Waals surface area (Å²) in [6, 6.07) is 6.22. The fourth-order valence-corrected chi connectivity index (χ4v) is 3.27. The zero-order valence-electron chi connectivity index (χ0n) is 14.2. The van der Waals surface area contributed by atoms with E-state index in [4.69, 9.17) is 0 Å². The predicted octanol–water partition coefficient (Wildman–Crippen LogP) is 4.21. The zero-order chi connectivity index (χ0) is 16.6. The Kier molecular flexibility index (Phi) is 4.11. The number of carbonyl (C=O) groups excluding carboxylic acids is 1. The highest BCUT2D eigenvalue weighted by atomic mass is 16.2. The number of anilines is 2. The number of carbonyl (C=O) groups is 1. The molecule has 3 rings (SSSR count). The van der Waals surface area contributed by atoms with Gasteiger partial charge in [0.15, 0.2) is 0 Å². The van der Waals surface area contributed by atoms with Crippen LogP contribution in [0.5, 0.6) is 0 Å². The maximum Gasteiger partial charge on any atom is 0.323 e. The van der Waals surface area contributed by atoms with Gasteiger partial charge >= 0.3 is 6.03 Å². The first-order chi connectivity index (χ1) is 11.0. The Hall–Kier alpha value is -2.30. The molecule has 0 saturated heterocycles. The van der Waals surface area contributed by atoms with Crippen molar-refractivity contribution >= 4 is 17.4 Å². The number of urea groups is 1. The Bertz CT molecular complexity index is 746. The van der Waals surface area contributed by atoms with Crippen LogP contribution in [0.2, 0.25) is 0 Å². The van der Waals surface area contributed by atoms with Crippen LogP contribution in [0.3, 0.4) is 0 Å². The molecule has 122 valence electrons. The molecule has 1 aliphatic rings. The number of hydrogen-bond acceptors (Lipinski definition) is 2. The van der Waals surface area contributed by atoms with Crippen LogP contribution in [0, 0.1) is 13.8 Å². The van der Waals surface area contributed by atoms with Gasteiger partial charge in [0.05, 0.1) is 17.1 Å². The van der Waals surface area contributed by atoms with Crippen molar-refractivity contribution in [3.63, 3.8) is 0 Å². The molecule has 0 fully saturated rings. The Morgan fingerprint density at radius 2 is 1.91 bits per heavy atom. The van der Waals surface area contributed by atoms with Crippen molar-refractivity contribution in [2.75, 3.05) is 10.6 Å². The van der Waals surface area contributed by atoms with Crippen molar-refractivity contribution in [3.8, 4) is 0 Å². The summed E-state index contributed by atoms with van der Waals surface area (Å²) in [7, 11) is 0. The number of benzene rings is 1. The zero-order valence-corrected chi connectivity index (χ0v) is 14.2. The largest absolute Gasteiger partial charge is 0.323 e. The highest BCUT2D eigenvalue weighted by Gasteiger charge is 2.16. The monoisotopic (exact) mass is 312 g/mol. The Morgan fingerprint density at radius 3 is 2.61 bits per heavy atom. The molecule has 0 saturated carbocycles. The third kappa shape index (κ3) is 3.09. The van der Waals surface area contributed by atoms with Gasteiger partial charge in [-0.1, -0.05) is 6.07 Å². The van der Waals surface area contributed by atoms with Crippen LogP contribution in [-0.4, -0.2) is 15.8 Å². The van der Waals surface area contributed by atoms with Crippen molar-refractivity contribution in [2.24, 2.45) is 0 Å². The number of nitrogens with zero attached hydrogens (tertiary/aromatic N) is 2. The topological polar surface area (TPSA) is 59.0 Å². The lowest BCUT2D eigenvalue weighted by atomic mass is 10.1. The van der Waals surface area contributed by atoms with Crippen molar-refractivity contribution in [2.45, 2.75) is 53.0 Å². The summed E-state index contributed by atoms with van der Waals surface area (Å²) in [6.45, 7) is 8.05. The van der Waals surface area contributed by atoms with E-state index in [0.717, 1.165) is 35.6 Å². The van der Waals surface area contributed by atoms with Crippen LogP contribution >= 0.6 is 0 Å². The van der Waals surface area contributed by atoms with Crippen molar-refractivity contribution in [3.05, 3.63) is 40.7 Å². The van der Waals surface area contributed by atoms with Gasteiger partial charge in [-0.05, 0) is 70.2 Å². The number of fused-ring (bicyclic) bond motifs is 1. The number of aryl methyl sites for hydroxylation is 3. The van der Waals surface area contributed by atoms with Crippen LogP contribution in [-0.2, 0) is 12.8 Å². The number of hydrogen-bond donors (Lipinski definition) is 2. The maximum absolute atomic E-state index is 12.3. The smallest absolute Gasteiger partial charge is 0.308 e. The summed E-state index contributed by atoms with van der Waals surface area (Å²) >= 11 is 0. The molecule has 0 unspecified atom stereocenters. The van der Waals surface area contributed by atoms with E-state index in [1.807, 2.05) is 24.6 Å². The molecule has 1 aromatic heterocycles. The van der Waals surface area contributed by atoms with E-state index < -0.39 is 0 Å². The minimum Gasteiger partial charge on any atom is -0.308 e. The van der Waals surface area contributed by atoms with Gasteiger partial charge in [0.25, 0.3) is 0 Å². The maximum atomic E-state index is 12.3. The van der Waals surface area contributed by atoms with Crippen molar-refractivity contribution in [1.82, 2.24) is 9.78 Å². The number of rotatable bonds is 3. The summed E-state index contributed by atoms with van der Waals surface area (Å²) in [5.74, 6) is 0.